The van der Waals surface area contributed by atoms with Crippen molar-refractivity contribution in [2.24, 2.45) is 0 Å². The van der Waals surface area contributed by atoms with Crippen LogP contribution in [0.4, 0.5) is 5.69 Å². The van der Waals surface area contributed by atoms with Gasteiger partial charge in [0.15, 0.2) is 5.78 Å². The first-order valence-corrected chi connectivity index (χ1v) is 13.4. The number of nitrogens with one attached hydrogen (secondary N) is 1. The second-order valence-electron chi connectivity index (χ2n) is 9.84. The number of thiophene rings is 1. The van der Waals surface area contributed by atoms with Crippen LogP contribution in [0.2, 0.25) is 0 Å². The molecule has 2 amide bonds. The Morgan fingerprint density at radius 1 is 1.00 bits per heavy atom. The Balaban J connectivity index is 1.68. The van der Waals surface area contributed by atoms with Crippen LogP contribution in [-0.2, 0) is 29.1 Å². The second kappa shape index (κ2) is 10.1. The molecule has 0 unspecified atom stereocenters. The van der Waals surface area contributed by atoms with Gasteiger partial charge in [-0.3, -0.25) is 23.7 Å². The lowest BCUT2D eigenvalue weighted by atomic mass is 10.1. The number of amides is 2. The molecular weight excluding hydrogens is 516 g/mol. The summed E-state index contributed by atoms with van der Waals surface area (Å²) < 4.78 is 2.34. The van der Waals surface area contributed by atoms with Crippen LogP contribution in [0.25, 0.3) is 15.9 Å². The monoisotopic (exact) mass is 544 g/mol. The largest absolute Gasteiger partial charge is 0.337 e. The van der Waals surface area contributed by atoms with Gasteiger partial charge in [-0.2, -0.15) is 0 Å². The molecule has 5 rings (SSSR count). The van der Waals surface area contributed by atoms with E-state index in [2.05, 4.69) is 5.32 Å². The summed E-state index contributed by atoms with van der Waals surface area (Å²) in [5.74, 6) is -0.681. The van der Waals surface area contributed by atoms with Crippen LogP contribution in [0.5, 0.6) is 0 Å². The van der Waals surface area contributed by atoms with E-state index < -0.39 is 17.2 Å². The zero-order valence-corrected chi connectivity index (χ0v) is 23.0. The van der Waals surface area contributed by atoms with Crippen LogP contribution in [-0.4, -0.2) is 38.2 Å². The first-order valence-electron chi connectivity index (χ1n) is 12.6. The van der Waals surface area contributed by atoms with Crippen molar-refractivity contribution >= 4 is 44.8 Å². The van der Waals surface area contributed by atoms with E-state index in [1.165, 1.54) is 35.8 Å². The molecule has 10 heteroatoms. The number of carbonyl (C=O) groups excluding carboxylic acids is 3. The number of ketones is 1. The summed E-state index contributed by atoms with van der Waals surface area (Å²) in [5.41, 5.74) is 2.95. The highest BCUT2D eigenvalue weighted by Crippen LogP contribution is 2.33. The van der Waals surface area contributed by atoms with Gasteiger partial charge in [-0.05, 0) is 68.1 Å². The number of carbonyl (C=O) groups is 3. The molecule has 0 fully saturated rings. The molecule has 4 aromatic rings. The maximum atomic E-state index is 13.9. The topological polar surface area (TPSA) is 110 Å². The predicted octanol–water partition coefficient (Wildman–Crippen LogP) is 3.58. The van der Waals surface area contributed by atoms with Gasteiger partial charge >= 0.3 is 5.69 Å². The lowest BCUT2D eigenvalue weighted by molar-refractivity contribution is -0.129. The number of anilines is 1. The van der Waals surface area contributed by atoms with Gasteiger partial charge in [0.05, 0.1) is 17.6 Å². The summed E-state index contributed by atoms with van der Waals surface area (Å²) in [7, 11) is 0. The molecule has 0 saturated carbocycles. The summed E-state index contributed by atoms with van der Waals surface area (Å²) >= 11 is 1.26. The number of hydrogen-bond acceptors (Lipinski definition) is 6. The molecule has 0 bridgehead atoms. The fourth-order valence-electron chi connectivity index (χ4n) is 4.87. The van der Waals surface area contributed by atoms with Gasteiger partial charge in [0.2, 0.25) is 11.8 Å². The van der Waals surface area contributed by atoms with Crippen molar-refractivity contribution < 1.29 is 14.4 Å². The Kier molecular flexibility index (Phi) is 6.82. The molecule has 1 aliphatic rings. The van der Waals surface area contributed by atoms with Gasteiger partial charge in [-0.25, -0.2) is 9.36 Å². The van der Waals surface area contributed by atoms with Gasteiger partial charge in [0, 0.05) is 29.6 Å². The Morgan fingerprint density at radius 3 is 2.46 bits per heavy atom. The molecule has 2 aromatic heterocycles. The zero-order chi connectivity index (χ0) is 28.0. The number of fused-ring (bicyclic) bond motifs is 3. The molecule has 9 nitrogen and oxygen atoms in total. The van der Waals surface area contributed by atoms with Crippen LogP contribution < -0.4 is 16.6 Å². The number of Topliss-reactive ketones (excluding diaryl/α,β-unsaturated/α-hetero) is 1. The maximum absolute atomic E-state index is 13.9. The molecule has 200 valence electrons. The predicted molar refractivity (Wildman–Crippen MR) is 151 cm³/mol. The summed E-state index contributed by atoms with van der Waals surface area (Å²) in [6.07, 6.45) is 0.463. The molecule has 1 aliphatic heterocycles. The van der Waals surface area contributed by atoms with Gasteiger partial charge in [-0.15, -0.1) is 11.3 Å². The number of nitrogens with zero attached hydrogens (tertiary/aromatic N) is 3. The van der Waals surface area contributed by atoms with E-state index >= 15 is 0 Å². The summed E-state index contributed by atoms with van der Waals surface area (Å²) in [5, 5.41) is 3.22. The van der Waals surface area contributed by atoms with Crippen molar-refractivity contribution in [1.29, 1.82) is 0 Å². The van der Waals surface area contributed by atoms with E-state index in [9.17, 15) is 24.0 Å². The number of aryl methyl sites for hydroxylation is 2. The van der Waals surface area contributed by atoms with Gasteiger partial charge < -0.3 is 10.2 Å². The number of aromatic nitrogens is 2. The van der Waals surface area contributed by atoms with Crippen molar-refractivity contribution in [2.75, 3.05) is 11.9 Å². The third-order valence-electron chi connectivity index (χ3n) is 7.17. The minimum atomic E-state index is -0.676. The fraction of sp³-hybridized carbons (Fsp3) is 0.276. The van der Waals surface area contributed by atoms with Crippen LogP contribution in [0.1, 0.15) is 45.8 Å². The summed E-state index contributed by atoms with van der Waals surface area (Å²) in [4.78, 5) is 67.9. The van der Waals surface area contributed by atoms with Crippen molar-refractivity contribution in [3.05, 3.63) is 90.4 Å². The molecule has 0 aliphatic carbocycles. The van der Waals surface area contributed by atoms with Crippen molar-refractivity contribution in [1.82, 2.24) is 14.0 Å². The summed E-state index contributed by atoms with van der Waals surface area (Å²) in [6, 6.07) is 11.9. The van der Waals surface area contributed by atoms with Gasteiger partial charge in [0.1, 0.15) is 11.4 Å². The van der Waals surface area contributed by atoms with E-state index in [0.29, 0.717) is 41.0 Å². The quantitative estimate of drug-likeness (QED) is 0.386. The SMILES string of the molecule is CC(=O)c1cccc(-n2c(=O)c3c4c(sc3n(CC(=O)Nc3ccc(C)c(C)c3)c2=O)CN(C(C)=O)CC4)c1. The van der Waals surface area contributed by atoms with Crippen molar-refractivity contribution in [3.63, 3.8) is 0 Å². The minimum absolute atomic E-state index is 0.0678. The second-order valence-corrected chi connectivity index (χ2v) is 10.9. The van der Waals surface area contributed by atoms with E-state index in [0.717, 1.165) is 26.1 Å². The standard InChI is InChI=1S/C29H28N4O5S/c1-16-8-9-21(12-17(16)2)30-25(36)15-32-28-26(23-10-11-31(19(4)35)14-24(23)39-28)27(37)33(29(32)38)22-7-5-6-20(13-22)18(3)34/h5-9,12-13H,10-11,14-15H2,1-4H3,(H,30,36). The summed E-state index contributed by atoms with van der Waals surface area (Å²) in [6.45, 7) is 7.33. The van der Waals surface area contributed by atoms with Crippen LogP contribution in [0, 0.1) is 13.8 Å². The third-order valence-corrected chi connectivity index (χ3v) is 8.41. The number of benzene rings is 2. The highest BCUT2D eigenvalue weighted by Gasteiger charge is 2.28. The van der Waals surface area contributed by atoms with E-state index in [-0.39, 0.29) is 23.9 Å². The molecule has 1 N–H and O–H groups in total. The minimum Gasteiger partial charge on any atom is -0.337 e. The Hall–Kier alpha value is -4.31. The molecule has 0 radical (unpaired) electrons. The molecule has 39 heavy (non-hydrogen) atoms. The smallest absolute Gasteiger partial charge is 0.337 e. The number of hydrogen-bond donors (Lipinski definition) is 1. The Morgan fingerprint density at radius 2 is 1.77 bits per heavy atom. The highest BCUT2D eigenvalue weighted by molar-refractivity contribution is 7.18. The normalized spacial score (nSPS) is 12.9. The lowest BCUT2D eigenvalue weighted by Crippen LogP contribution is -2.41. The molecule has 0 spiro atoms. The average molecular weight is 545 g/mol. The molecule has 2 aromatic carbocycles. The molecule has 0 atom stereocenters. The number of rotatable bonds is 5. The molecular formula is C29H28N4O5S. The zero-order valence-electron chi connectivity index (χ0n) is 22.2. The van der Waals surface area contributed by atoms with Crippen LogP contribution in [0.15, 0.2) is 52.1 Å². The van der Waals surface area contributed by atoms with E-state index in [4.69, 9.17) is 0 Å². The maximum Gasteiger partial charge on any atom is 0.337 e. The van der Waals surface area contributed by atoms with Crippen LogP contribution >= 0.6 is 11.3 Å². The Labute approximate surface area is 228 Å². The Bertz CT molecular complexity index is 1800. The average Bonchev–Trinajstić information content (AvgIpc) is 3.28. The van der Waals surface area contributed by atoms with E-state index in [1.54, 1.807) is 29.2 Å². The van der Waals surface area contributed by atoms with Gasteiger partial charge in [-0.1, -0.05) is 18.2 Å². The third kappa shape index (κ3) is 4.83. The van der Waals surface area contributed by atoms with E-state index in [1.807, 2.05) is 26.0 Å². The first kappa shape index (κ1) is 26.3. The lowest BCUT2D eigenvalue weighted by Gasteiger charge is -2.25. The van der Waals surface area contributed by atoms with Crippen molar-refractivity contribution in [2.45, 2.75) is 47.2 Å². The fourth-order valence-corrected chi connectivity index (χ4v) is 6.22. The molecule has 0 saturated heterocycles. The van der Waals surface area contributed by atoms with Gasteiger partial charge in [0.25, 0.3) is 5.56 Å². The highest BCUT2D eigenvalue weighted by atomic mass is 32.1. The van der Waals surface area contributed by atoms with Crippen molar-refractivity contribution in [3.8, 4) is 5.69 Å². The first-order chi connectivity index (χ1) is 18.5. The van der Waals surface area contributed by atoms with Crippen LogP contribution in [0.3, 0.4) is 0 Å². The molecule has 3 heterocycles.